The van der Waals surface area contributed by atoms with Crippen molar-refractivity contribution in [1.29, 1.82) is 0 Å². The number of pyridine rings is 1. The lowest BCUT2D eigenvalue weighted by molar-refractivity contribution is 0.262. The van der Waals surface area contributed by atoms with Gasteiger partial charge in [0.2, 0.25) is 0 Å². The van der Waals surface area contributed by atoms with Gasteiger partial charge in [0.05, 0.1) is 5.52 Å². The Morgan fingerprint density at radius 1 is 1.11 bits per heavy atom. The molecule has 4 rings (SSSR count). The Labute approximate surface area is 107 Å². The molecule has 1 aromatic heterocycles. The summed E-state index contributed by atoms with van der Waals surface area (Å²) in [6, 6.07) is 11.4. The predicted molar refractivity (Wildman–Crippen MR) is 74.8 cm³/mol. The third kappa shape index (κ3) is 1.59. The van der Waals surface area contributed by atoms with E-state index in [0.29, 0.717) is 6.04 Å². The van der Waals surface area contributed by atoms with Crippen LogP contribution in [0.4, 0.5) is 5.82 Å². The average Bonchev–Trinajstić information content (AvgIpc) is 2.34. The fourth-order valence-corrected chi connectivity index (χ4v) is 3.23. The summed E-state index contributed by atoms with van der Waals surface area (Å²) >= 11 is 0. The molecule has 0 unspecified atom stereocenters. The first-order valence-electron chi connectivity index (χ1n) is 7.05. The fourth-order valence-electron chi connectivity index (χ4n) is 3.23. The molecule has 1 aromatic carbocycles. The van der Waals surface area contributed by atoms with Crippen molar-refractivity contribution < 1.29 is 0 Å². The summed E-state index contributed by atoms with van der Waals surface area (Å²) in [5.41, 5.74) is 2.50. The van der Waals surface area contributed by atoms with E-state index in [9.17, 15) is 0 Å². The Morgan fingerprint density at radius 2 is 2.00 bits per heavy atom. The molecule has 2 heterocycles. The van der Waals surface area contributed by atoms with E-state index in [2.05, 4.69) is 35.6 Å². The summed E-state index contributed by atoms with van der Waals surface area (Å²) in [6.07, 6.45) is 6.68. The minimum Gasteiger partial charge on any atom is -0.367 e. The molecule has 0 bridgehead atoms. The Hall–Kier alpha value is -1.57. The van der Waals surface area contributed by atoms with Gasteiger partial charge in [-0.2, -0.15) is 0 Å². The number of hydrogen-bond donors (Lipinski definition) is 1. The first kappa shape index (κ1) is 10.4. The zero-order chi connectivity index (χ0) is 11.9. The third-order valence-corrected chi connectivity index (χ3v) is 4.57. The molecule has 2 aliphatic rings. The van der Waals surface area contributed by atoms with Crippen LogP contribution in [0, 0.1) is 5.92 Å². The molecule has 0 amide bonds. The van der Waals surface area contributed by atoms with Gasteiger partial charge in [0.15, 0.2) is 0 Å². The van der Waals surface area contributed by atoms with Crippen LogP contribution >= 0.6 is 0 Å². The van der Waals surface area contributed by atoms with Gasteiger partial charge >= 0.3 is 0 Å². The number of nitrogens with zero attached hydrogens (tertiary/aromatic N) is 1. The van der Waals surface area contributed by atoms with Crippen LogP contribution in [-0.4, -0.2) is 11.0 Å². The number of hydrogen-bond acceptors (Lipinski definition) is 2. The lowest BCUT2D eigenvalue weighted by Crippen LogP contribution is -2.37. The van der Waals surface area contributed by atoms with Crippen molar-refractivity contribution in [2.24, 2.45) is 5.92 Å². The zero-order valence-electron chi connectivity index (χ0n) is 10.5. The molecule has 1 N–H and O–H groups in total. The smallest absolute Gasteiger partial charge is 0.130 e. The molecule has 2 aromatic rings. The number of anilines is 1. The predicted octanol–water partition coefficient (Wildman–Crippen LogP) is 3.76. The van der Waals surface area contributed by atoms with Gasteiger partial charge in [0.1, 0.15) is 5.82 Å². The molecule has 1 fully saturated rings. The molecule has 1 saturated carbocycles. The van der Waals surface area contributed by atoms with Crippen LogP contribution in [0.2, 0.25) is 0 Å². The van der Waals surface area contributed by atoms with Gasteiger partial charge in [0, 0.05) is 11.4 Å². The van der Waals surface area contributed by atoms with Crippen molar-refractivity contribution in [3.8, 4) is 0 Å². The van der Waals surface area contributed by atoms with Crippen LogP contribution in [-0.2, 0) is 6.42 Å². The average molecular weight is 238 g/mol. The standard InChI is InChI=1S/C16H18N2/c1-2-7-14-12(4-1)10-13-8-9-15(11-5-3-6-11)18-16(13)17-14/h1-2,4,7,10-11,15H,3,5-6,8-9H2,(H,17,18)/t15-/m0/s1. The second-order valence-corrected chi connectivity index (χ2v) is 5.67. The number of aryl methyl sites for hydroxylation is 1. The SMILES string of the molecule is c1ccc2nc3c(cc2c1)CC[C@@H](C1CCC1)N3. The lowest BCUT2D eigenvalue weighted by atomic mass is 9.77. The quantitative estimate of drug-likeness (QED) is 0.818. The van der Waals surface area contributed by atoms with Gasteiger partial charge in [-0.25, -0.2) is 4.98 Å². The highest BCUT2D eigenvalue weighted by atomic mass is 15.0. The van der Waals surface area contributed by atoms with Crippen molar-refractivity contribution in [2.45, 2.75) is 38.1 Å². The van der Waals surface area contributed by atoms with E-state index in [0.717, 1.165) is 17.3 Å². The minimum absolute atomic E-state index is 0.667. The molecule has 1 atom stereocenters. The molecule has 0 spiro atoms. The largest absolute Gasteiger partial charge is 0.367 e. The highest BCUT2D eigenvalue weighted by Crippen LogP contribution is 2.36. The van der Waals surface area contributed by atoms with Gasteiger partial charge in [-0.05, 0) is 49.3 Å². The zero-order valence-corrected chi connectivity index (χ0v) is 10.5. The summed E-state index contributed by atoms with van der Waals surface area (Å²) in [6.45, 7) is 0. The maximum atomic E-state index is 4.80. The van der Waals surface area contributed by atoms with Crippen LogP contribution in [0.5, 0.6) is 0 Å². The highest BCUT2D eigenvalue weighted by Gasteiger charge is 2.30. The Balaban J connectivity index is 1.71. The molecule has 1 aliphatic carbocycles. The molecule has 0 radical (unpaired) electrons. The molecule has 0 saturated heterocycles. The van der Waals surface area contributed by atoms with E-state index in [-0.39, 0.29) is 0 Å². The lowest BCUT2D eigenvalue weighted by Gasteiger charge is -2.37. The number of nitrogens with one attached hydrogen (secondary N) is 1. The van der Waals surface area contributed by atoms with E-state index in [4.69, 9.17) is 4.98 Å². The first-order chi connectivity index (χ1) is 8.90. The maximum Gasteiger partial charge on any atom is 0.130 e. The van der Waals surface area contributed by atoms with E-state index >= 15 is 0 Å². The number of aromatic nitrogens is 1. The summed E-state index contributed by atoms with van der Waals surface area (Å²) in [7, 11) is 0. The molecule has 92 valence electrons. The topological polar surface area (TPSA) is 24.9 Å². The minimum atomic E-state index is 0.667. The molecular weight excluding hydrogens is 220 g/mol. The van der Waals surface area contributed by atoms with Gasteiger partial charge in [-0.15, -0.1) is 0 Å². The van der Waals surface area contributed by atoms with Crippen LogP contribution in [0.3, 0.4) is 0 Å². The van der Waals surface area contributed by atoms with Crippen molar-refractivity contribution >= 4 is 16.7 Å². The second kappa shape index (κ2) is 3.98. The Kier molecular flexibility index (Phi) is 2.29. The van der Waals surface area contributed by atoms with Crippen LogP contribution in [0.15, 0.2) is 30.3 Å². The molecule has 18 heavy (non-hydrogen) atoms. The van der Waals surface area contributed by atoms with Crippen LogP contribution in [0.25, 0.3) is 10.9 Å². The Bertz CT molecular complexity index is 587. The second-order valence-electron chi connectivity index (χ2n) is 5.67. The van der Waals surface area contributed by atoms with E-state index in [1.165, 1.54) is 43.1 Å². The van der Waals surface area contributed by atoms with Crippen molar-refractivity contribution in [3.63, 3.8) is 0 Å². The molecule has 1 aliphatic heterocycles. The van der Waals surface area contributed by atoms with Crippen molar-refractivity contribution in [2.75, 3.05) is 5.32 Å². The van der Waals surface area contributed by atoms with Gasteiger partial charge in [-0.1, -0.05) is 24.6 Å². The highest BCUT2D eigenvalue weighted by molar-refractivity contribution is 5.81. The first-order valence-corrected chi connectivity index (χ1v) is 7.05. The van der Waals surface area contributed by atoms with E-state index in [1.54, 1.807) is 0 Å². The van der Waals surface area contributed by atoms with Gasteiger partial charge in [-0.3, -0.25) is 0 Å². The Morgan fingerprint density at radius 3 is 2.83 bits per heavy atom. The summed E-state index contributed by atoms with van der Waals surface area (Å²) < 4.78 is 0. The number of fused-ring (bicyclic) bond motifs is 2. The fraction of sp³-hybridized carbons (Fsp3) is 0.438. The summed E-state index contributed by atoms with van der Waals surface area (Å²) in [4.78, 5) is 4.80. The molecule has 2 heteroatoms. The summed E-state index contributed by atoms with van der Waals surface area (Å²) in [5.74, 6) is 2.03. The monoisotopic (exact) mass is 238 g/mol. The number of rotatable bonds is 1. The number of benzene rings is 1. The molecule has 2 nitrogen and oxygen atoms in total. The normalized spacial score (nSPS) is 23.2. The number of para-hydroxylation sites is 1. The molecular formula is C16H18N2. The van der Waals surface area contributed by atoms with E-state index in [1.807, 2.05) is 0 Å². The van der Waals surface area contributed by atoms with Crippen molar-refractivity contribution in [1.82, 2.24) is 4.98 Å². The van der Waals surface area contributed by atoms with Crippen molar-refractivity contribution in [3.05, 3.63) is 35.9 Å². The van der Waals surface area contributed by atoms with Crippen LogP contribution in [0.1, 0.15) is 31.2 Å². The van der Waals surface area contributed by atoms with Gasteiger partial charge < -0.3 is 5.32 Å². The van der Waals surface area contributed by atoms with Crippen LogP contribution < -0.4 is 5.32 Å². The summed E-state index contributed by atoms with van der Waals surface area (Å²) in [5, 5.41) is 4.94. The third-order valence-electron chi connectivity index (χ3n) is 4.57. The maximum absolute atomic E-state index is 4.80. The van der Waals surface area contributed by atoms with Gasteiger partial charge in [0.25, 0.3) is 0 Å². The van der Waals surface area contributed by atoms with E-state index < -0.39 is 0 Å².